The average Bonchev–Trinajstić information content (AvgIpc) is 2.68. The molecule has 1 aliphatic rings. The molecule has 1 aliphatic heterocycles. The Morgan fingerprint density at radius 1 is 1.07 bits per heavy atom. The Labute approximate surface area is 159 Å². The van der Waals surface area contributed by atoms with Crippen LogP contribution in [0, 0.1) is 6.92 Å². The van der Waals surface area contributed by atoms with E-state index in [4.69, 9.17) is 9.47 Å². The van der Waals surface area contributed by atoms with Crippen molar-refractivity contribution in [2.45, 2.75) is 13.8 Å². The van der Waals surface area contributed by atoms with E-state index in [0.717, 1.165) is 17.1 Å². The smallest absolute Gasteiger partial charge is 0.227 e. The van der Waals surface area contributed by atoms with Crippen LogP contribution in [0.3, 0.4) is 0 Å². The summed E-state index contributed by atoms with van der Waals surface area (Å²) in [5, 5.41) is 3.30. The minimum absolute atomic E-state index is 0.105. The Morgan fingerprint density at radius 2 is 1.81 bits per heavy atom. The third-order valence-corrected chi connectivity index (χ3v) is 4.52. The van der Waals surface area contributed by atoms with Gasteiger partial charge in [-0.2, -0.15) is 4.98 Å². The minimum Gasteiger partial charge on any atom is -0.497 e. The van der Waals surface area contributed by atoms with Crippen molar-refractivity contribution in [3.05, 3.63) is 30.0 Å². The third-order valence-electron chi connectivity index (χ3n) is 4.52. The first-order valence-electron chi connectivity index (χ1n) is 8.85. The second-order valence-electron chi connectivity index (χ2n) is 6.38. The van der Waals surface area contributed by atoms with E-state index in [9.17, 15) is 4.79 Å². The average molecular weight is 371 g/mol. The highest BCUT2D eigenvalue weighted by Crippen LogP contribution is 2.31. The van der Waals surface area contributed by atoms with E-state index in [-0.39, 0.29) is 5.91 Å². The number of rotatable bonds is 5. The molecule has 2 heterocycles. The van der Waals surface area contributed by atoms with Crippen molar-refractivity contribution in [1.29, 1.82) is 0 Å². The van der Waals surface area contributed by atoms with Crippen LogP contribution < -0.4 is 19.7 Å². The molecular formula is C19H25N5O3. The summed E-state index contributed by atoms with van der Waals surface area (Å²) in [6.07, 6.45) is 0. The summed E-state index contributed by atoms with van der Waals surface area (Å²) in [6.45, 7) is 6.34. The van der Waals surface area contributed by atoms with Crippen molar-refractivity contribution in [1.82, 2.24) is 14.9 Å². The van der Waals surface area contributed by atoms with Crippen LogP contribution in [-0.2, 0) is 4.79 Å². The first kappa shape index (κ1) is 18.8. The molecule has 27 heavy (non-hydrogen) atoms. The number of carbonyl (C=O) groups excluding carboxylic acids is 1. The fourth-order valence-electron chi connectivity index (χ4n) is 3.02. The number of aromatic nitrogens is 2. The van der Waals surface area contributed by atoms with Gasteiger partial charge in [-0.15, -0.1) is 0 Å². The zero-order chi connectivity index (χ0) is 19.4. The predicted octanol–water partition coefficient (Wildman–Crippen LogP) is 2.21. The van der Waals surface area contributed by atoms with Gasteiger partial charge in [0.15, 0.2) is 0 Å². The Bertz CT molecular complexity index is 819. The zero-order valence-electron chi connectivity index (χ0n) is 16.2. The molecule has 8 heteroatoms. The highest BCUT2D eigenvalue weighted by Gasteiger charge is 2.21. The Balaban J connectivity index is 1.79. The molecule has 1 amide bonds. The summed E-state index contributed by atoms with van der Waals surface area (Å²) >= 11 is 0. The lowest BCUT2D eigenvalue weighted by Crippen LogP contribution is -2.48. The second-order valence-corrected chi connectivity index (χ2v) is 6.38. The molecule has 3 rings (SSSR count). The second kappa shape index (κ2) is 8.11. The lowest BCUT2D eigenvalue weighted by molar-refractivity contribution is -0.129. The van der Waals surface area contributed by atoms with Crippen LogP contribution in [0.25, 0.3) is 0 Å². The van der Waals surface area contributed by atoms with Crippen molar-refractivity contribution in [3.8, 4) is 11.5 Å². The molecule has 1 saturated heterocycles. The molecule has 0 bridgehead atoms. The van der Waals surface area contributed by atoms with E-state index in [1.807, 2.05) is 36.1 Å². The van der Waals surface area contributed by atoms with Crippen LogP contribution in [0.1, 0.15) is 12.6 Å². The van der Waals surface area contributed by atoms with Gasteiger partial charge >= 0.3 is 0 Å². The fourth-order valence-corrected chi connectivity index (χ4v) is 3.02. The lowest BCUT2D eigenvalue weighted by atomic mass is 10.2. The number of nitrogens with one attached hydrogen (secondary N) is 1. The van der Waals surface area contributed by atoms with E-state index >= 15 is 0 Å². The van der Waals surface area contributed by atoms with Crippen molar-refractivity contribution in [2.75, 3.05) is 50.6 Å². The number of nitrogens with zero attached hydrogens (tertiary/aromatic N) is 4. The maximum absolute atomic E-state index is 11.5. The molecular weight excluding hydrogens is 346 g/mol. The molecule has 1 N–H and O–H groups in total. The molecule has 0 aliphatic carbocycles. The normalized spacial score (nSPS) is 14.1. The first-order valence-corrected chi connectivity index (χ1v) is 8.85. The standard InChI is InChI=1S/C19H25N5O3/c1-13-11-18(21-16-6-5-15(26-3)12-17(16)27-4)22-19(20-13)24-9-7-23(8-10-24)14(2)25/h5-6,11-12H,7-10H2,1-4H3,(H,20,21,22). The molecule has 0 radical (unpaired) electrons. The Kier molecular flexibility index (Phi) is 5.63. The van der Waals surface area contributed by atoms with Gasteiger partial charge in [0, 0.05) is 50.9 Å². The maximum Gasteiger partial charge on any atom is 0.227 e. The number of anilines is 3. The quantitative estimate of drug-likeness (QED) is 0.863. The highest BCUT2D eigenvalue weighted by molar-refractivity contribution is 5.73. The number of benzene rings is 1. The van der Waals surface area contributed by atoms with Gasteiger partial charge in [-0.25, -0.2) is 4.98 Å². The number of hydrogen-bond donors (Lipinski definition) is 1. The van der Waals surface area contributed by atoms with Crippen LogP contribution in [0.4, 0.5) is 17.5 Å². The van der Waals surface area contributed by atoms with Crippen molar-refractivity contribution in [3.63, 3.8) is 0 Å². The first-order chi connectivity index (χ1) is 13.0. The van der Waals surface area contributed by atoms with Crippen LogP contribution >= 0.6 is 0 Å². The number of aryl methyl sites for hydroxylation is 1. The van der Waals surface area contributed by atoms with E-state index < -0.39 is 0 Å². The monoisotopic (exact) mass is 371 g/mol. The molecule has 0 spiro atoms. The van der Waals surface area contributed by atoms with Gasteiger partial charge in [-0.1, -0.05) is 0 Å². The Hall–Kier alpha value is -3.03. The summed E-state index contributed by atoms with van der Waals surface area (Å²) in [7, 11) is 3.24. The molecule has 8 nitrogen and oxygen atoms in total. The zero-order valence-corrected chi connectivity index (χ0v) is 16.2. The van der Waals surface area contributed by atoms with Crippen LogP contribution in [0.5, 0.6) is 11.5 Å². The summed E-state index contributed by atoms with van der Waals surface area (Å²) < 4.78 is 10.7. The molecule has 1 aromatic carbocycles. The summed E-state index contributed by atoms with van der Waals surface area (Å²) in [6, 6.07) is 7.46. The number of methoxy groups -OCH3 is 2. The SMILES string of the molecule is COc1ccc(Nc2cc(C)nc(N3CCN(C(C)=O)CC3)n2)c(OC)c1. The highest BCUT2D eigenvalue weighted by atomic mass is 16.5. The maximum atomic E-state index is 11.5. The van der Waals surface area contributed by atoms with Crippen LogP contribution in [0.15, 0.2) is 24.3 Å². The number of carbonyl (C=O) groups is 1. The lowest BCUT2D eigenvalue weighted by Gasteiger charge is -2.34. The molecule has 1 aromatic heterocycles. The van der Waals surface area contributed by atoms with Crippen molar-refractivity contribution < 1.29 is 14.3 Å². The molecule has 144 valence electrons. The summed E-state index contributed by atoms with van der Waals surface area (Å²) in [5.74, 6) is 2.85. The van der Waals surface area contributed by atoms with E-state index in [0.29, 0.717) is 43.7 Å². The predicted molar refractivity (Wildman–Crippen MR) is 104 cm³/mol. The van der Waals surface area contributed by atoms with E-state index in [1.54, 1.807) is 21.1 Å². The van der Waals surface area contributed by atoms with Gasteiger partial charge in [0.05, 0.1) is 19.9 Å². The third kappa shape index (κ3) is 4.39. The minimum atomic E-state index is 0.105. The van der Waals surface area contributed by atoms with Gasteiger partial charge in [0.1, 0.15) is 17.3 Å². The van der Waals surface area contributed by atoms with E-state index in [2.05, 4.69) is 20.2 Å². The number of hydrogen-bond acceptors (Lipinski definition) is 7. The number of amides is 1. The van der Waals surface area contributed by atoms with Gasteiger partial charge in [-0.05, 0) is 19.1 Å². The van der Waals surface area contributed by atoms with Crippen molar-refractivity contribution in [2.24, 2.45) is 0 Å². The molecule has 1 fully saturated rings. The van der Waals surface area contributed by atoms with Gasteiger partial charge in [0.2, 0.25) is 11.9 Å². The summed E-state index contributed by atoms with van der Waals surface area (Å²) in [4.78, 5) is 24.7. The van der Waals surface area contributed by atoms with Gasteiger partial charge < -0.3 is 24.6 Å². The molecule has 0 unspecified atom stereocenters. The Morgan fingerprint density at radius 3 is 2.44 bits per heavy atom. The molecule has 2 aromatic rings. The van der Waals surface area contributed by atoms with Gasteiger partial charge in [0.25, 0.3) is 0 Å². The number of ether oxygens (including phenoxy) is 2. The number of piperazine rings is 1. The van der Waals surface area contributed by atoms with Crippen LogP contribution in [-0.4, -0.2) is 61.2 Å². The largest absolute Gasteiger partial charge is 0.497 e. The molecule has 0 saturated carbocycles. The van der Waals surface area contributed by atoms with Gasteiger partial charge in [-0.3, -0.25) is 4.79 Å². The van der Waals surface area contributed by atoms with Crippen molar-refractivity contribution >= 4 is 23.4 Å². The fraction of sp³-hybridized carbons (Fsp3) is 0.421. The summed E-state index contributed by atoms with van der Waals surface area (Å²) in [5.41, 5.74) is 1.66. The van der Waals surface area contributed by atoms with E-state index in [1.165, 1.54) is 0 Å². The van der Waals surface area contributed by atoms with Crippen LogP contribution in [0.2, 0.25) is 0 Å². The molecule has 0 atom stereocenters. The topological polar surface area (TPSA) is 79.8 Å².